The van der Waals surface area contributed by atoms with Gasteiger partial charge in [-0.2, -0.15) is 4.37 Å². The maximum Gasteiger partial charge on any atom is 0.170 e. The molecule has 0 radical (unpaired) electrons. The maximum absolute atomic E-state index is 5.71. The minimum absolute atomic E-state index is 0.117. The van der Waals surface area contributed by atoms with Crippen molar-refractivity contribution in [3.8, 4) is 0 Å². The first kappa shape index (κ1) is 10.7. The van der Waals surface area contributed by atoms with E-state index in [0.29, 0.717) is 6.54 Å². The summed E-state index contributed by atoms with van der Waals surface area (Å²) >= 11 is 2.96. The first-order chi connectivity index (χ1) is 7.29. The minimum Gasteiger partial charge on any atom is -0.465 e. The Kier molecular flexibility index (Phi) is 3.40. The molecule has 2 N–H and O–H groups in total. The van der Waals surface area contributed by atoms with E-state index in [-0.39, 0.29) is 5.25 Å². The Morgan fingerprint density at radius 2 is 2.47 bits per heavy atom. The topological polar surface area (TPSA) is 64.9 Å². The molecule has 0 saturated heterocycles. The van der Waals surface area contributed by atoms with Gasteiger partial charge in [-0.05, 0) is 30.6 Å². The van der Waals surface area contributed by atoms with Crippen LogP contribution in [0.25, 0.3) is 0 Å². The van der Waals surface area contributed by atoms with Crippen molar-refractivity contribution >= 4 is 23.3 Å². The second-order valence-electron chi connectivity index (χ2n) is 3.00. The van der Waals surface area contributed by atoms with Gasteiger partial charge < -0.3 is 10.2 Å². The fourth-order valence-corrected chi connectivity index (χ4v) is 2.80. The van der Waals surface area contributed by atoms with Crippen LogP contribution in [0.2, 0.25) is 0 Å². The Hall–Kier alpha value is -0.850. The van der Waals surface area contributed by atoms with E-state index in [1.54, 1.807) is 18.1 Å². The predicted molar refractivity (Wildman–Crippen MR) is 61.0 cm³/mol. The fourth-order valence-electron chi connectivity index (χ4n) is 1.19. The van der Waals surface area contributed by atoms with Crippen LogP contribution in [0.15, 0.2) is 27.2 Å². The third kappa shape index (κ3) is 2.58. The molecule has 2 rings (SSSR count). The summed E-state index contributed by atoms with van der Waals surface area (Å²) in [6.45, 7) is 2.45. The number of nitrogens with two attached hydrogens (primary N) is 1. The molecular formula is C9H11N3OS2. The summed E-state index contributed by atoms with van der Waals surface area (Å²) in [5.74, 6) is 1.80. The van der Waals surface area contributed by atoms with Crippen LogP contribution < -0.4 is 5.73 Å². The van der Waals surface area contributed by atoms with Crippen LogP contribution in [0, 0.1) is 6.92 Å². The molecule has 15 heavy (non-hydrogen) atoms. The van der Waals surface area contributed by atoms with Crippen molar-refractivity contribution in [3.63, 3.8) is 0 Å². The van der Waals surface area contributed by atoms with Gasteiger partial charge in [-0.1, -0.05) is 11.8 Å². The number of hydrogen-bond acceptors (Lipinski definition) is 6. The largest absolute Gasteiger partial charge is 0.465 e. The third-order valence-corrected chi connectivity index (χ3v) is 3.87. The Morgan fingerprint density at radius 3 is 3.00 bits per heavy atom. The molecule has 0 bridgehead atoms. The van der Waals surface area contributed by atoms with Gasteiger partial charge in [-0.3, -0.25) is 0 Å². The highest BCUT2D eigenvalue weighted by Crippen LogP contribution is 2.35. The van der Waals surface area contributed by atoms with Crippen LogP contribution in [0.5, 0.6) is 0 Å². The molecule has 1 atom stereocenters. The van der Waals surface area contributed by atoms with Crippen LogP contribution >= 0.6 is 23.3 Å². The summed E-state index contributed by atoms with van der Waals surface area (Å²) < 4.78 is 10.4. The summed E-state index contributed by atoms with van der Waals surface area (Å²) in [5, 5.41) is 0.117. The van der Waals surface area contributed by atoms with E-state index in [2.05, 4.69) is 9.36 Å². The van der Waals surface area contributed by atoms with Crippen LogP contribution in [0.4, 0.5) is 0 Å². The van der Waals surface area contributed by atoms with Gasteiger partial charge in [-0.25, -0.2) is 4.98 Å². The van der Waals surface area contributed by atoms with Crippen molar-refractivity contribution in [2.75, 3.05) is 6.54 Å². The zero-order valence-corrected chi connectivity index (χ0v) is 9.85. The molecular weight excluding hydrogens is 230 g/mol. The quantitative estimate of drug-likeness (QED) is 0.831. The van der Waals surface area contributed by atoms with Crippen molar-refractivity contribution < 1.29 is 4.42 Å². The molecule has 80 valence electrons. The molecule has 0 aromatic carbocycles. The van der Waals surface area contributed by atoms with Gasteiger partial charge in [0.25, 0.3) is 0 Å². The summed E-state index contributed by atoms with van der Waals surface area (Å²) in [7, 11) is 0. The highest BCUT2D eigenvalue weighted by Gasteiger charge is 2.16. The smallest absolute Gasteiger partial charge is 0.170 e. The van der Waals surface area contributed by atoms with Gasteiger partial charge in [0.1, 0.15) is 17.8 Å². The number of aromatic nitrogens is 2. The summed E-state index contributed by atoms with van der Waals surface area (Å²) in [5.41, 5.74) is 5.71. The molecule has 2 aromatic rings. The van der Waals surface area contributed by atoms with Crippen molar-refractivity contribution in [2.45, 2.75) is 16.5 Å². The molecule has 0 aliphatic rings. The van der Waals surface area contributed by atoms with E-state index in [4.69, 9.17) is 10.2 Å². The van der Waals surface area contributed by atoms with Gasteiger partial charge in [0.2, 0.25) is 0 Å². The van der Waals surface area contributed by atoms with E-state index < -0.39 is 0 Å². The SMILES string of the molecule is Cc1ccc(C(CN)Sc2ncns2)o1. The molecule has 0 spiro atoms. The molecule has 0 amide bonds. The van der Waals surface area contributed by atoms with Crippen LogP contribution in [0.1, 0.15) is 16.8 Å². The first-order valence-corrected chi connectivity index (χ1v) is 6.14. The van der Waals surface area contributed by atoms with Gasteiger partial charge in [0, 0.05) is 6.54 Å². The molecule has 6 heteroatoms. The zero-order valence-electron chi connectivity index (χ0n) is 8.21. The summed E-state index contributed by atoms with van der Waals surface area (Å²) in [6.07, 6.45) is 1.55. The lowest BCUT2D eigenvalue weighted by Gasteiger charge is -2.08. The molecule has 1 unspecified atom stereocenters. The number of furan rings is 1. The maximum atomic E-state index is 5.71. The van der Waals surface area contributed by atoms with Gasteiger partial charge in [-0.15, -0.1) is 0 Å². The number of aryl methyl sites for hydroxylation is 1. The molecule has 0 fully saturated rings. The number of hydrogen-bond donors (Lipinski definition) is 1. The summed E-state index contributed by atoms with van der Waals surface area (Å²) in [4.78, 5) is 4.11. The zero-order chi connectivity index (χ0) is 10.7. The van der Waals surface area contributed by atoms with E-state index in [1.807, 2.05) is 19.1 Å². The highest BCUT2D eigenvalue weighted by atomic mass is 32.2. The summed E-state index contributed by atoms with van der Waals surface area (Å²) in [6, 6.07) is 3.90. The van der Waals surface area contributed by atoms with Crippen molar-refractivity contribution in [2.24, 2.45) is 5.73 Å². The Bertz CT molecular complexity index is 413. The number of rotatable bonds is 4. The highest BCUT2D eigenvalue weighted by molar-refractivity contribution is 8.01. The average Bonchev–Trinajstić information content (AvgIpc) is 2.85. The standard InChI is InChI=1S/C9H11N3OS2/c1-6-2-3-7(13-6)8(4-10)14-9-11-5-12-15-9/h2-3,5,8H,4,10H2,1H3. The monoisotopic (exact) mass is 241 g/mol. The lowest BCUT2D eigenvalue weighted by atomic mass is 10.3. The van der Waals surface area contributed by atoms with Gasteiger partial charge in [0.15, 0.2) is 4.34 Å². The fraction of sp³-hybridized carbons (Fsp3) is 0.333. The van der Waals surface area contributed by atoms with Crippen molar-refractivity contribution in [1.82, 2.24) is 9.36 Å². The van der Waals surface area contributed by atoms with Crippen molar-refractivity contribution in [1.29, 1.82) is 0 Å². The second-order valence-corrected chi connectivity index (χ2v) is 5.23. The lowest BCUT2D eigenvalue weighted by molar-refractivity contribution is 0.481. The van der Waals surface area contributed by atoms with Crippen LogP contribution in [0.3, 0.4) is 0 Å². The van der Waals surface area contributed by atoms with Crippen LogP contribution in [-0.4, -0.2) is 15.9 Å². The van der Waals surface area contributed by atoms with Crippen LogP contribution in [-0.2, 0) is 0 Å². The van der Waals surface area contributed by atoms with E-state index in [1.165, 1.54) is 11.5 Å². The van der Waals surface area contributed by atoms with Gasteiger partial charge in [0.05, 0.1) is 5.25 Å². The average molecular weight is 241 g/mol. The molecule has 2 aromatic heterocycles. The lowest BCUT2D eigenvalue weighted by Crippen LogP contribution is -2.08. The molecule has 4 nitrogen and oxygen atoms in total. The third-order valence-electron chi connectivity index (χ3n) is 1.88. The molecule has 0 aliphatic carbocycles. The van der Waals surface area contributed by atoms with Crippen molar-refractivity contribution in [3.05, 3.63) is 30.0 Å². The predicted octanol–water partition coefficient (Wildman–Crippen LogP) is 2.23. The number of nitrogens with zero attached hydrogens (tertiary/aromatic N) is 2. The van der Waals surface area contributed by atoms with E-state index in [0.717, 1.165) is 15.9 Å². The first-order valence-electron chi connectivity index (χ1n) is 4.49. The molecule has 0 saturated carbocycles. The Balaban J connectivity index is 2.11. The van der Waals surface area contributed by atoms with E-state index >= 15 is 0 Å². The minimum atomic E-state index is 0.117. The normalized spacial score (nSPS) is 12.9. The Labute approximate surface area is 96.1 Å². The van der Waals surface area contributed by atoms with Gasteiger partial charge >= 0.3 is 0 Å². The molecule has 2 heterocycles. The van der Waals surface area contributed by atoms with E-state index in [9.17, 15) is 0 Å². The Morgan fingerprint density at radius 1 is 1.60 bits per heavy atom. The second kappa shape index (κ2) is 4.78. The molecule has 0 aliphatic heterocycles. The number of thioether (sulfide) groups is 1.